The van der Waals surface area contributed by atoms with Gasteiger partial charge in [0.2, 0.25) is 0 Å². The van der Waals surface area contributed by atoms with Gasteiger partial charge in [0, 0.05) is 5.92 Å². The lowest BCUT2D eigenvalue weighted by atomic mass is 9.81. The van der Waals surface area contributed by atoms with Gasteiger partial charge in [0.25, 0.3) is 0 Å². The zero-order chi connectivity index (χ0) is 15.2. The Hall–Kier alpha value is -2.09. The number of esters is 1. The molecule has 0 spiro atoms. The van der Waals surface area contributed by atoms with E-state index in [-0.39, 0.29) is 17.8 Å². The Morgan fingerprint density at radius 1 is 1.00 bits per heavy atom. The van der Waals surface area contributed by atoms with E-state index in [1.54, 1.807) is 0 Å². The molecule has 110 valence electrons. The quantitative estimate of drug-likeness (QED) is 0.763. The molecule has 2 heteroatoms. The summed E-state index contributed by atoms with van der Waals surface area (Å²) in [7, 11) is 0. The lowest BCUT2D eigenvalue weighted by molar-refractivity contribution is -0.147. The first kappa shape index (κ1) is 15.3. The highest BCUT2D eigenvalue weighted by atomic mass is 16.5. The highest BCUT2D eigenvalue weighted by Crippen LogP contribution is 2.32. The first-order valence-corrected chi connectivity index (χ1v) is 7.41. The van der Waals surface area contributed by atoms with Crippen molar-refractivity contribution in [2.45, 2.75) is 26.7 Å². The molecule has 0 aromatic heterocycles. The highest BCUT2D eigenvalue weighted by Gasteiger charge is 2.27. The second-order valence-corrected chi connectivity index (χ2v) is 5.34. The lowest BCUT2D eigenvalue weighted by Crippen LogP contribution is -2.23. The lowest BCUT2D eigenvalue weighted by Gasteiger charge is -2.24. The van der Waals surface area contributed by atoms with Crippen LogP contribution in [0.1, 0.15) is 36.5 Å². The molecule has 0 aliphatic rings. The van der Waals surface area contributed by atoms with Crippen LogP contribution in [0.25, 0.3) is 0 Å². The molecule has 0 fully saturated rings. The van der Waals surface area contributed by atoms with E-state index in [0.29, 0.717) is 6.61 Å². The molecule has 2 aromatic carbocycles. The Morgan fingerprint density at radius 3 is 2.14 bits per heavy atom. The van der Waals surface area contributed by atoms with Crippen LogP contribution in [0.2, 0.25) is 0 Å². The minimum absolute atomic E-state index is 0.0193. The summed E-state index contributed by atoms with van der Waals surface area (Å²) in [6.07, 6.45) is 0. The van der Waals surface area contributed by atoms with E-state index in [9.17, 15) is 4.79 Å². The summed E-state index contributed by atoms with van der Waals surface area (Å²) >= 11 is 0. The summed E-state index contributed by atoms with van der Waals surface area (Å²) in [6.45, 7) is 6.26. The largest absolute Gasteiger partial charge is 0.466 e. The molecule has 21 heavy (non-hydrogen) atoms. The van der Waals surface area contributed by atoms with Crippen molar-refractivity contribution < 1.29 is 9.53 Å². The third-order valence-corrected chi connectivity index (χ3v) is 3.75. The van der Waals surface area contributed by atoms with E-state index >= 15 is 0 Å². The van der Waals surface area contributed by atoms with E-state index in [1.807, 2.05) is 32.0 Å². The zero-order valence-corrected chi connectivity index (χ0v) is 12.9. The van der Waals surface area contributed by atoms with Crippen LogP contribution in [0, 0.1) is 12.8 Å². The van der Waals surface area contributed by atoms with Crippen molar-refractivity contribution >= 4 is 5.97 Å². The minimum Gasteiger partial charge on any atom is -0.466 e. The molecule has 0 radical (unpaired) electrons. The summed E-state index contributed by atoms with van der Waals surface area (Å²) in [5.41, 5.74) is 3.50. The van der Waals surface area contributed by atoms with Crippen molar-refractivity contribution in [3.05, 3.63) is 71.3 Å². The number of carbonyl (C=O) groups excluding carboxylic acids is 1. The highest BCUT2D eigenvalue weighted by molar-refractivity contribution is 5.74. The van der Waals surface area contributed by atoms with Gasteiger partial charge in [0.15, 0.2) is 0 Å². The molecule has 0 saturated heterocycles. The summed E-state index contributed by atoms with van der Waals surface area (Å²) in [5, 5.41) is 0. The van der Waals surface area contributed by atoms with E-state index in [2.05, 4.69) is 43.3 Å². The standard InChI is InChI=1S/C19H22O2/c1-4-21-19(20)15(3)18(16-8-6-5-7-9-16)17-12-10-14(2)11-13-17/h5-13,15,18H,4H2,1-3H3. The van der Waals surface area contributed by atoms with Crippen molar-refractivity contribution in [2.24, 2.45) is 5.92 Å². The van der Waals surface area contributed by atoms with Gasteiger partial charge < -0.3 is 4.74 Å². The maximum absolute atomic E-state index is 12.2. The van der Waals surface area contributed by atoms with Crippen LogP contribution in [-0.4, -0.2) is 12.6 Å². The maximum Gasteiger partial charge on any atom is 0.309 e. The molecule has 0 aliphatic heterocycles. The third-order valence-electron chi connectivity index (χ3n) is 3.75. The molecule has 0 bridgehead atoms. The fraction of sp³-hybridized carbons (Fsp3) is 0.316. The molecule has 2 nitrogen and oxygen atoms in total. The molecule has 0 aliphatic carbocycles. The van der Waals surface area contributed by atoms with Crippen molar-refractivity contribution in [3.63, 3.8) is 0 Å². The normalized spacial score (nSPS) is 13.5. The molecule has 0 amide bonds. The van der Waals surface area contributed by atoms with Gasteiger partial charge in [-0.2, -0.15) is 0 Å². The van der Waals surface area contributed by atoms with Crippen LogP contribution < -0.4 is 0 Å². The number of hydrogen-bond acceptors (Lipinski definition) is 2. The van der Waals surface area contributed by atoms with Gasteiger partial charge in [-0.15, -0.1) is 0 Å². The molecule has 0 heterocycles. The van der Waals surface area contributed by atoms with Crippen LogP contribution in [-0.2, 0) is 9.53 Å². The molecular weight excluding hydrogens is 260 g/mol. The van der Waals surface area contributed by atoms with Gasteiger partial charge in [-0.3, -0.25) is 4.79 Å². The van der Waals surface area contributed by atoms with Crippen LogP contribution in [0.3, 0.4) is 0 Å². The summed E-state index contributed by atoms with van der Waals surface area (Å²) in [5.74, 6) is -0.340. The van der Waals surface area contributed by atoms with E-state index < -0.39 is 0 Å². The molecule has 2 atom stereocenters. The van der Waals surface area contributed by atoms with Gasteiger partial charge in [0.05, 0.1) is 12.5 Å². The molecule has 0 saturated carbocycles. The first-order chi connectivity index (χ1) is 10.1. The minimum atomic E-state index is -0.213. The fourth-order valence-corrected chi connectivity index (χ4v) is 2.61. The molecule has 2 rings (SSSR count). The Labute approximate surface area is 126 Å². The Balaban J connectivity index is 2.39. The monoisotopic (exact) mass is 282 g/mol. The topological polar surface area (TPSA) is 26.3 Å². The Morgan fingerprint density at radius 2 is 1.57 bits per heavy atom. The summed E-state index contributed by atoms with van der Waals surface area (Å²) in [4.78, 5) is 12.2. The van der Waals surface area contributed by atoms with Gasteiger partial charge >= 0.3 is 5.97 Å². The Kier molecular flexibility index (Phi) is 5.15. The van der Waals surface area contributed by atoms with Gasteiger partial charge in [0.1, 0.15) is 0 Å². The zero-order valence-electron chi connectivity index (χ0n) is 12.9. The average Bonchev–Trinajstić information content (AvgIpc) is 2.50. The van der Waals surface area contributed by atoms with Crippen molar-refractivity contribution in [2.75, 3.05) is 6.61 Å². The van der Waals surface area contributed by atoms with Crippen LogP contribution in [0.4, 0.5) is 0 Å². The number of ether oxygens (including phenoxy) is 1. The van der Waals surface area contributed by atoms with E-state index in [4.69, 9.17) is 4.74 Å². The number of hydrogen-bond donors (Lipinski definition) is 0. The molecule has 2 aromatic rings. The summed E-state index contributed by atoms with van der Waals surface area (Å²) < 4.78 is 5.21. The predicted octanol–water partition coefficient (Wildman–Crippen LogP) is 4.33. The number of aryl methyl sites for hydroxylation is 1. The molecular formula is C19H22O2. The fourth-order valence-electron chi connectivity index (χ4n) is 2.61. The Bertz CT molecular complexity index is 572. The van der Waals surface area contributed by atoms with Crippen molar-refractivity contribution in [1.82, 2.24) is 0 Å². The first-order valence-electron chi connectivity index (χ1n) is 7.41. The number of rotatable bonds is 5. The third kappa shape index (κ3) is 3.72. The van der Waals surface area contributed by atoms with Gasteiger partial charge in [-0.1, -0.05) is 67.1 Å². The van der Waals surface area contributed by atoms with Crippen LogP contribution in [0.5, 0.6) is 0 Å². The van der Waals surface area contributed by atoms with E-state index in [1.165, 1.54) is 5.56 Å². The SMILES string of the molecule is CCOC(=O)C(C)C(c1ccccc1)c1ccc(C)cc1. The molecule has 2 unspecified atom stereocenters. The van der Waals surface area contributed by atoms with Crippen LogP contribution >= 0.6 is 0 Å². The number of benzene rings is 2. The number of carbonyl (C=O) groups is 1. The summed E-state index contributed by atoms with van der Waals surface area (Å²) in [6, 6.07) is 18.5. The smallest absolute Gasteiger partial charge is 0.309 e. The van der Waals surface area contributed by atoms with E-state index in [0.717, 1.165) is 11.1 Å². The predicted molar refractivity (Wildman–Crippen MR) is 85.3 cm³/mol. The van der Waals surface area contributed by atoms with Crippen molar-refractivity contribution in [3.8, 4) is 0 Å². The van der Waals surface area contributed by atoms with Gasteiger partial charge in [-0.25, -0.2) is 0 Å². The van der Waals surface area contributed by atoms with Crippen LogP contribution in [0.15, 0.2) is 54.6 Å². The van der Waals surface area contributed by atoms with Gasteiger partial charge in [-0.05, 0) is 25.0 Å². The second kappa shape index (κ2) is 7.07. The maximum atomic E-state index is 12.2. The second-order valence-electron chi connectivity index (χ2n) is 5.34. The average molecular weight is 282 g/mol. The van der Waals surface area contributed by atoms with Crippen molar-refractivity contribution in [1.29, 1.82) is 0 Å². The molecule has 0 N–H and O–H groups in total.